The summed E-state index contributed by atoms with van der Waals surface area (Å²) < 4.78 is 12.7. The van der Waals surface area contributed by atoms with Crippen LogP contribution in [0.5, 0.6) is 0 Å². The third-order valence-electron chi connectivity index (χ3n) is 3.35. The molecule has 20 heavy (non-hydrogen) atoms. The Labute approximate surface area is 117 Å². The lowest BCUT2D eigenvalue weighted by molar-refractivity contribution is -0.188. The average molecular weight is 284 g/mol. The second-order valence-electron chi connectivity index (χ2n) is 4.80. The number of imidazole rings is 1. The molecule has 0 radical (unpaired) electrons. The fraction of sp³-hybridized carbons (Fsp3) is 0.692. The zero-order valence-corrected chi connectivity index (χ0v) is 11.4. The molecule has 1 saturated heterocycles. The molecule has 0 amide bonds. The lowest BCUT2D eigenvalue weighted by atomic mass is 10.2. The van der Waals surface area contributed by atoms with Crippen LogP contribution >= 0.6 is 0 Å². The summed E-state index contributed by atoms with van der Waals surface area (Å²) in [4.78, 5) is 15.3. The number of aliphatic hydroxyl groups is 1. The van der Waals surface area contributed by atoms with Gasteiger partial charge >= 0.3 is 5.97 Å². The third-order valence-corrected chi connectivity index (χ3v) is 3.35. The lowest BCUT2D eigenvalue weighted by Crippen LogP contribution is -2.28. The Hall–Kier alpha value is -1.44. The molecule has 7 nitrogen and oxygen atoms in total. The van der Waals surface area contributed by atoms with Crippen LogP contribution in [0, 0.1) is 0 Å². The minimum Gasteiger partial charge on any atom is -0.480 e. The Balaban J connectivity index is 2.07. The minimum atomic E-state index is -1.10. The van der Waals surface area contributed by atoms with E-state index in [9.17, 15) is 9.90 Å². The standard InChI is InChI=1S/C13H20N2O5/c1-9(20-11-4-2-3-7-19-11)12-14-5-6-15(12)10(8-16)13(17)18/h5-6,9-11,16H,2-4,7-8H2,1H3,(H,17,18). The zero-order valence-electron chi connectivity index (χ0n) is 11.4. The molecule has 3 atom stereocenters. The van der Waals surface area contributed by atoms with Crippen LogP contribution in [-0.4, -0.2) is 45.2 Å². The van der Waals surface area contributed by atoms with E-state index in [-0.39, 0.29) is 6.29 Å². The molecule has 1 aromatic heterocycles. The Morgan fingerprint density at radius 3 is 3.05 bits per heavy atom. The maximum atomic E-state index is 11.1. The van der Waals surface area contributed by atoms with E-state index in [1.165, 1.54) is 17.0 Å². The molecule has 0 spiro atoms. The largest absolute Gasteiger partial charge is 0.480 e. The summed E-state index contributed by atoms with van der Waals surface area (Å²) in [5.74, 6) is -0.631. The number of carboxylic acid groups (broad SMARTS) is 1. The van der Waals surface area contributed by atoms with Gasteiger partial charge in [-0.05, 0) is 26.2 Å². The van der Waals surface area contributed by atoms with Crippen LogP contribution in [-0.2, 0) is 14.3 Å². The highest BCUT2D eigenvalue weighted by Crippen LogP contribution is 2.24. The summed E-state index contributed by atoms with van der Waals surface area (Å²) in [5, 5.41) is 18.3. The number of rotatable bonds is 6. The summed E-state index contributed by atoms with van der Waals surface area (Å²) in [6, 6.07) is -1.05. The number of carboxylic acids is 1. The number of carbonyl (C=O) groups is 1. The summed E-state index contributed by atoms with van der Waals surface area (Å²) in [6.45, 7) is 1.98. The van der Waals surface area contributed by atoms with E-state index in [0.717, 1.165) is 19.3 Å². The number of aliphatic hydroxyl groups excluding tert-OH is 1. The number of hydrogen-bond donors (Lipinski definition) is 2. The quantitative estimate of drug-likeness (QED) is 0.812. The van der Waals surface area contributed by atoms with Gasteiger partial charge in [0.15, 0.2) is 12.3 Å². The van der Waals surface area contributed by atoms with Gasteiger partial charge in [-0.3, -0.25) is 0 Å². The monoisotopic (exact) mass is 284 g/mol. The van der Waals surface area contributed by atoms with Crippen molar-refractivity contribution < 1.29 is 24.5 Å². The maximum absolute atomic E-state index is 11.1. The molecule has 0 saturated carbocycles. The molecule has 1 aromatic rings. The molecule has 1 aliphatic heterocycles. The van der Waals surface area contributed by atoms with Gasteiger partial charge in [0.25, 0.3) is 0 Å². The molecule has 112 valence electrons. The van der Waals surface area contributed by atoms with Crippen LogP contribution in [0.1, 0.15) is 44.2 Å². The van der Waals surface area contributed by atoms with Crippen molar-refractivity contribution >= 4 is 5.97 Å². The van der Waals surface area contributed by atoms with Crippen molar-refractivity contribution in [3.8, 4) is 0 Å². The molecule has 0 aliphatic carbocycles. The number of nitrogens with zero attached hydrogens (tertiary/aromatic N) is 2. The molecular weight excluding hydrogens is 264 g/mol. The highest BCUT2D eigenvalue weighted by Gasteiger charge is 2.26. The van der Waals surface area contributed by atoms with Crippen molar-refractivity contribution in [2.45, 2.75) is 44.6 Å². The van der Waals surface area contributed by atoms with Crippen molar-refractivity contribution in [1.82, 2.24) is 9.55 Å². The Bertz CT molecular complexity index is 442. The predicted octanol–water partition coefficient (Wildman–Crippen LogP) is 1.11. The van der Waals surface area contributed by atoms with Gasteiger partial charge in [0.05, 0.1) is 6.61 Å². The van der Waals surface area contributed by atoms with Crippen LogP contribution in [0.15, 0.2) is 12.4 Å². The van der Waals surface area contributed by atoms with Crippen molar-refractivity contribution in [1.29, 1.82) is 0 Å². The SMILES string of the molecule is CC(OC1CCCCO1)c1nccn1C(CO)C(=O)O. The molecule has 1 fully saturated rings. The van der Waals surface area contributed by atoms with Crippen molar-refractivity contribution in [2.75, 3.05) is 13.2 Å². The first kappa shape index (κ1) is 15.0. The molecule has 0 bridgehead atoms. The molecule has 2 heterocycles. The number of ether oxygens (including phenoxy) is 2. The predicted molar refractivity (Wildman–Crippen MR) is 69.1 cm³/mol. The Morgan fingerprint density at radius 2 is 2.45 bits per heavy atom. The van der Waals surface area contributed by atoms with Crippen LogP contribution in [0.4, 0.5) is 0 Å². The first-order valence-corrected chi connectivity index (χ1v) is 6.77. The molecular formula is C13H20N2O5. The van der Waals surface area contributed by atoms with Gasteiger partial charge in [-0.1, -0.05) is 0 Å². The fourth-order valence-electron chi connectivity index (χ4n) is 2.30. The van der Waals surface area contributed by atoms with Gasteiger partial charge in [-0.25, -0.2) is 9.78 Å². The van der Waals surface area contributed by atoms with E-state index in [2.05, 4.69) is 4.98 Å². The van der Waals surface area contributed by atoms with Gasteiger partial charge in [0, 0.05) is 19.0 Å². The van der Waals surface area contributed by atoms with E-state index < -0.39 is 24.7 Å². The van der Waals surface area contributed by atoms with Gasteiger partial charge in [-0.2, -0.15) is 0 Å². The number of aromatic nitrogens is 2. The second kappa shape index (κ2) is 6.83. The second-order valence-corrected chi connectivity index (χ2v) is 4.80. The first-order chi connectivity index (χ1) is 9.63. The van der Waals surface area contributed by atoms with E-state index in [0.29, 0.717) is 12.4 Å². The summed E-state index contributed by atoms with van der Waals surface area (Å²) in [5.41, 5.74) is 0. The lowest BCUT2D eigenvalue weighted by Gasteiger charge is -2.26. The van der Waals surface area contributed by atoms with E-state index in [1.54, 1.807) is 6.92 Å². The Morgan fingerprint density at radius 1 is 1.65 bits per heavy atom. The molecule has 2 N–H and O–H groups in total. The zero-order chi connectivity index (χ0) is 14.5. The maximum Gasteiger partial charge on any atom is 0.329 e. The fourth-order valence-corrected chi connectivity index (χ4v) is 2.30. The van der Waals surface area contributed by atoms with Crippen molar-refractivity contribution in [3.63, 3.8) is 0 Å². The minimum absolute atomic E-state index is 0.277. The van der Waals surface area contributed by atoms with Crippen LogP contribution in [0.3, 0.4) is 0 Å². The van der Waals surface area contributed by atoms with Gasteiger partial charge in [0.2, 0.25) is 0 Å². The van der Waals surface area contributed by atoms with Crippen LogP contribution < -0.4 is 0 Å². The molecule has 0 aromatic carbocycles. The van der Waals surface area contributed by atoms with Gasteiger partial charge < -0.3 is 24.3 Å². The highest BCUT2D eigenvalue weighted by molar-refractivity contribution is 5.72. The number of aliphatic carboxylic acids is 1. The third kappa shape index (κ3) is 3.36. The first-order valence-electron chi connectivity index (χ1n) is 6.77. The smallest absolute Gasteiger partial charge is 0.329 e. The normalized spacial score (nSPS) is 22.4. The summed E-state index contributed by atoms with van der Waals surface area (Å²) in [7, 11) is 0. The number of hydrogen-bond acceptors (Lipinski definition) is 5. The van der Waals surface area contributed by atoms with E-state index in [4.69, 9.17) is 14.6 Å². The molecule has 2 rings (SSSR count). The van der Waals surface area contributed by atoms with Gasteiger partial charge in [0.1, 0.15) is 11.9 Å². The van der Waals surface area contributed by atoms with Crippen LogP contribution in [0.25, 0.3) is 0 Å². The summed E-state index contributed by atoms with van der Waals surface area (Å²) in [6.07, 6.45) is 5.28. The molecule has 3 unspecified atom stereocenters. The van der Waals surface area contributed by atoms with E-state index >= 15 is 0 Å². The van der Waals surface area contributed by atoms with Crippen molar-refractivity contribution in [2.24, 2.45) is 0 Å². The Kier molecular flexibility index (Phi) is 5.11. The van der Waals surface area contributed by atoms with Crippen molar-refractivity contribution in [3.05, 3.63) is 18.2 Å². The van der Waals surface area contributed by atoms with E-state index in [1.807, 2.05) is 0 Å². The average Bonchev–Trinajstić information content (AvgIpc) is 2.89. The topological polar surface area (TPSA) is 93.8 Å². The molecule has 1 aliphatic rings. The van der Waals surface area contributed by atoms with Gasteiger partial charge in [-0.15, -0.1) is 0 Å². The van der Waals surface area contributed by atoms with Crippen LogP contribution in [0.2, 0.25) is 0 Å². The molecule has 7 heteroatoms. The highest BCUT2D eigenvalue weighted by atomic mass is 16.7. The summed E-state index contributed by atoms with van der Waals surface area (Å²) >= 11 is 0.